The Labute approximate surface area is 178 Å². The van der Waals surface area contributed by atoms with E-state index in [1.165, 1.54) is 29.5 Å². The molecule has 1 aliphatic heterocycles. The molecule has 2 aromatic carbocycles. The van der Waals surface area contributed by atoms with E-state index in [1.807, 2.05) is 30.3 Å². The van der Waals surface area contributed by atoms with Crippen LogP contribution in [-0.2, 0) is 11.3 Å². The lowest BCUT2D eigenvalue weighted by Gasteiger charge is -2.26. The molecule has 0 bridgehead atoms. The van der Waals surface area contributed by atoms with Gasteiger partial charge in [0.2, 0.25) is 5.91 Å². The second-order valence-electron chi connectivity index (χ2n) is 7.85. The van der Waals surface area contributed by atoms with E-state index in [4.69, 9.17) is 0 Å². The highest BCUT2D eigenvalue weighted by Crippen LogP contribution is 2.17. The van der Waals surface area contributed by atoms with Gasteiger partial charge in [-0.25, -0.2) is 14.6 Å². The number of anilines is 1. The predicted molar refractivity (Wildman–Crippen MR) is 120 cm³/mol. The molecule has 0 atom stereocenters. The van der Waals surface area contributed by atoms with Gasteiger partial charge >= 0.3 is 0 Å². The summed E-state index contributed by atoms with van der Waals surface area (Å²) in [4.78, 5) is 12.3. The topological polar surface area (TPSA) is 39.5 Å². The van der Waals surface area contributed by atoms with Crippen molar-refractivity contribution in [3.8, 4) is 11.1 Å². The molecule has 4 rings (SSSR count). The van der Waals surface area contributed by atoms with Crippen molar-refractivity contribution in [2.24, 2.45) is 0 Å². The first-order chi connectivity index (χ1) is 14.7. The number of benzene rings is 2. The zero-order valence-electron chi connectivity index (χ0n) is 17.5. The number of nitrogens with zero attached hydrogens (tertiary/aromatic N) is 3. The van der Waals surface area contributed by atoms with E-state index in [2.05, 4.69) is 75.8 Å². The quantitative estimate of drug-likeness (QED) is 0.615. The third-order valence-corrected chi connectivity index (χ3v) is 5.54. The summed E-state index contributed by atoms with van der Waals surface area (Å²) >= 11 is 0. The number of aromatic nitrogens is 1. The van der Waals surface area contributed by atoms with Crippen LogP contribution in [0.5, 0.6) is 0 Å². The largest absolute Gasteiger partial charge is 0.325 e. The van der Waals surface area contributed by atoms with Crippen molar-refractivity contribution in [1.82, 2.24) is 10.0 Å². The van der Waals surface area contributed by atoms with Crippen LogP contribution < -0.4 is 9.88 Å². The van der Waals surface area contributed by atoms with E-state index < -0.39 is 0 Å². The van der Waals surface area contributed by atoms with Gasteiger partial charge in [-0.1, -0.05) is 42.5 Å². The first kappa shape index (κ1) is 20.3. The first-order valence-corrected chi connectivity index (χ1v) is 10.6. The van der Waals surface area contributed by atoms with E-state index in [0.717, 1.165) is 25.3 Å². The van der Waals surface area contributed by atoms with Crippen LogP contribution in [0.1, 0.15) is 18.4 Å². The van der Waals surface area contributed by atoms with Gasteiger partial charge in [0.25, 0.3) is 0 Å². The standard InChI is InChI=1S/C25H28N4O/c1-27(29-15-5-6-16-29)20-25(30)26-24-11-9-21(10-12-24)19-28-17-13-23(14-18-28)22-7-3-2-4-8-22/h2-4,7-14,17-18H,5-6,15-16,19-20H2,1H3/p+1. The van der Waals surface area contributed by atoms with E-state index in [-0.39, 0.29) is 5.91 Å². The van der Waals surface area contributed by atoms with Gasteiger partial charge in [0, 0.05) is 43.5 Å². The fourth-order valence-corrected chi connectivity index (χ4v) is 3.84. The zero-order chi connectivity index (χ0) is 20.8. The average molecular weight is 402 g/mol. The summed E-state index contributed by atoms with van der Waals surface area (Å²) in [6.45, 7) is 3.26. The molecule has 3 aromatic rings. The monoisotopic (exact) mass is 401 g/mol. The van der Waals surface area contributed by atoms with Crippen LogP contribution in [-0.4, -0.2) is 42.6 Å². The highest BCUT2D eigenvalue weighted by atomic mass is 16.2. The minimum absolute atomic E-state index is 0.0167. The fourth-order valence-electron chi connectivity index (χ4n) is 3.84. The molecule has 1 saturated heterocycles. The lowest BCUT2D eigenvalue weighted by Crippen LogP contribution is -2.42. The van der Waals surface area contributed by atoms with E-state index >= 15 is 0 Å². The summed E-state index contributed by atoms with van der Waals surface area (Å²) in [5, 5.41) is 7.26. The maximum Gasteiger partial charge on any atom is 0.240 e. The van der Waals surface area contributed by atoms with Crippen LogP contribution in [0.2, 0.25) is 0 Å². The van der Waals surface area contributed by atoms with Crippen LogP contribution in [0.3, 0.4) is 0 Å². The van der Waals surface area contributed by atoms with Crippen molar-refractivity contribution >= 4 is 11.6 Å². The predicted octanol–water partition coefficient (Wildman–Crippen LogP) is 3.57. The van der Waals surface area contributed by atoms with Crippen molar-refractivity contribution in [2.75, 3.05) is 32.0 Å². The highest BCUT2D eigenvalue weighted by molar-refractivity contribution is 5.92. The number of hydrogen-bond donors (Lipinski definition) is 1. The third kappa shape index (κ3) is 5.32. The van der Waals surface area contributed by atoms with Crippen molar-refractivity contribution in [2.45, 2.75) is 19.4 Å². The summed E-state index contributed by atoms with van der Waals surface area (Å²) < 4.78 is 2.16. The molecule has 30 heavy (non-hydrogen) atoms. The number of hydrogen-bond acceptors (Lipinski definition) is 3. The lowest BCUT2D eigenvalue weighted by molar-refractivity contribution is -0.688. The molecule has 5 heteroatoms. The molecule has 5 nitrogen and oxygen atoms in total. The normalized spacial score (nSPS) is 14.2. The summed E-state index contributed by atoms with van der Waals surface area (Å²) in [5.74, 6) is 0.0167. The van der Waals surface area contributed by atoms with Crippen LogP contribution in [0.15, 0.2) is 79.1 Å². The summed E-state index contributed by atoms with van der Waals surface area (Å²) in [6, 6.07) is 22.7. The van der Waals surface area contributed by atoms with Gasteiger partial charge in [-0.15, -0.1) is 0 Å². The molecule has 1 amide bonds. The molecular weight excluding hydrogens is 372 g/mol. The van der Waals surface area contributed by atoms with Gasteiger partial charge in [0.15, 0.2) is 18.9 Å². The minimum Gasteiger partial charge on any atom is -0.325 e. The third-order valence-electron chi connectivity index (χ3n) is 5.54. The second kappa shape index (κ2) is 9.65. The molecule has 0 aliphatic carbocycles. The Morgan fingerprint density at radius 3 is 2.23 bits per heavy atom. The number of carbonyl (C=O) groups is 1. The van der Waals surface area contributed by atoms with Crippen molar-refractivity contribution in [3.05, 3.63) is 84.7 Å². The molecule has 1 aromatic heterocycles. The number of nitrogens with one attached hydrogen (secondary N) is 1. The Morgan fingerprint density at radius 2 is 1.57 bits per heavy atom. The van der Waals surface area contributed by atoms with Crippen LogP contribution in [0, 0.1) is 0 Å². The molecule has 0 saturated carbocycles. The minimum atomic E-state index is 0.0167. The van der Waals surface area contributed by atoms with Gasteiger partial charge in [0.05, 0.1) is 6.54 Å². The van der Waals surface area contributed by atoms with E-state index in [9.17, 15) is 4.79 Å². The van der Waals surface area contributed by atoms with Gasteiger partial charge in [-0.3, -0.25) is 4.79 Å². The molecule has 1 aliphatic rings. The zero-order valence-corrected chi connectivity index (χ0v) is 17.5. The van der Waals surface area contributed by atoms with Gasteiger partial charge in [0.1, 0.15) is 0 Å². The molecule has 154 valence electrons. The number of carbonyl (C=O) groups excluding carboxylic acids is 1. The number of likely N-dealkylation sites (N-methyl/N-ethyl adjacent to an activating group) is 1. The van der Waals surface area contributed by atoms with Crippen LogP contribution >= 0.6 is 0 Å². The average Bonchev–Trinajstić information content (AvgIpc) is 3.31. The molecule has 1 N–H and O–H groups in total. The Balaban J connectivity index is 1.30. The summed E-state index contributed by atoms with van der Waals surface area (Å²) in [7, 11) is 1.98. The maximum absolute atomic E-state index is 12.3. The molecular formula is C25H29N4O+. The molecule has 0 unspecified atom stereocenters. The van der Waals surface area contributed by atoms with Crippen LogP contribution in [0.4, 0.5) is 5.69 Å². The van der Waals surface area contributed by atoms with Crippen molar-refractivity contribution in [3.63, 3.8) is 0 Å². The fraction of sp³-hybridized carbons (Fsp3) is 0.280. The molecule has 2 heterocycles. The van der Waals surface area contributed by atoms with Gasteiger partial charge < -0.3 is 5.32 Å². The first-order valence-electron chi connectivity index (χ1n) is 10.6. The summed E-state index contributed by atoms with van der Waals surface area (Å²) in [6.07, 6.45) is 6.62. The lowest BCUT2D eigenvalue weighted by atomic mass is 10.1. The Bertz CT molecular complexity index is 949. The van der Waals surface area contributed by atoms with E-state index in [0.29, 0.717) is 6.54 Å². The molecule has 0 radical (unpaired) electrons. The van der Waals surface area contributed by atoms with Gasteiger partial charge in [-0.05, 0) is 36.1 Å². The number of rotatable bonds is 7. The Morgan fingerprint density at radius 1 is 0.933 bits per heavy atom. The van der Waals surface area contributed by atoms with Crippen LogP contribution in [0.25, 0.3) is 11.1 Å². The molecule has 1 fully saturated rings. The van der Waals surface area contributed by atoms with Crippen molar-refractivity contribution < 1.29 is 9.36 Å². The Hall–Kier alpha value is -3.02. The van der Waals surface area contributed by atoms with Crippen molar-refractivity contribution in [1.29, 1.82) is 0 Å². The highest BCUT2D eigenvalue weighted by Gasteiger charge is 2.18. The summed E-state index contributed by atoms with van der Waals surface area (Å²) in [5.41, 5.74) is 4.46. The Kier molecular flexibility index (Phi) is 6.52. The second-order valence-corrected chi connectivity index (χ2v) is 7.85. The SMILES string of the molecule is CN(CC(=O)Nc1ccc(C[n+]2ccc(-c3ccccc3)cc2)cc1)N1CCCC1. The number of hydrazine groups is 1. The molecule has 0 spiro atoms. The van der Waals surface area contributed by atoms with E-state index in [1.54, 1.807) is 0 Å². The smallest absolute Gasteiger partial charge is 0.240 e. The maximum atomic E-state index is 12.3. The van der Waals surface area contributed by atoms with Gasteiger partial charge in [-0.2, -0.15) is 0 Å². The number of amides is 1. The number of pyridine rings is 1.